The zero-order valence-corrected chi connectivity index (χ0v) is 19.1. The molecule has 0 aliphatic heterocycles. The van der Waals surface area contributed by atoms with Gasteiger partial charge >= 0.3 is 5.97 Å². The Hall–Kier alpha value is -3.12. The van der Waals surface area contributed by atoms with Gasteiger partial charge in [-0.15, -0.1) is 0 Å². The lowest BCUT2D eigenvalue weighted by molar-refractivity contribution is -0.119. The molecular weight excluding hydrogens is 414 g/mol. The van der Waals surface area contributed by atoms with Gasteiger partial charge in [0.1, 0.15) is 0 Å². The van der Waals surface area contributed by atoms with Gasteiger partial charge in [0.25, 0.3) is 5.91 Å². The fourth-order valence-electron chi connectivity index (χ4n) is 3.35. The number of nitrogens with zero attached hydrogens (tertiary/aromatic N) is 2. The zero-order chi connectivity index (χ0) is 22.7. The van der Waals surface area contributed by atoms with Crippen LogP contribution in [0.2, 0.25) is 5.02 Å². The summed E-state index contributed by atoms with van der Waals surface area (Å²) in [7, 11) is 0. The molecule has 0 unspecified atom stereocenters. The highest BCUT2D eigenvalue weighted by molar-refractivity contribution is 6.31. The van der Waals surface area contributed by atoms with E-state index in [-0.39, 0.29) is 18.4 Å². The Bertz CT molecular complexity index is 1120. The molecule has 1 amide bonds. The first kappa shape index (κ1) is 22.6. The number of carbonyl (C=O) groups excluding carboxylic acids is 2. The molecule has 0 atom stereocenters. The lowest BCUT2D eigenvalue weighted by Crippen LogP contribution is -2.22. The van der Waals surface area contributed by atoms with E-state index < -0.39 is 5.97 Å². The molecule has 6 nitrogen and oxygen atoms in total. The van der Waals surface area contributed by atoms with Gasteiger partial charge in [0.2, 0.25) is 0 Å². The Morgan fingerprint density at radius 3 is 2.35 bits per heavy atom. The summed E-state index contributed by atoms with van der Waals surface area (Å²) in [5.41, 5.74) is 5.47. The molecule has 162 valence electrons. The van der Waals surface area contributed by atoms with E-state index >= 15 is 0 Å². The normalized spacial score (nSPS) is 10.9. The van der Waals surface area contributed by atoms with Crippen LogP contribution in [0.3, 0.4) is 0 Å². The van der Waals surface area contributed by atoms with Crippen molar-refractivity contribution in [3.8, 4) is 5.69 Å². The Balaban J connectivity index is 1.64. The lowest BCUT2D eigenvalue weighted by Gasteiger charge is -2.16. The minimum absolute atomic E-state index is 0.258. The zero-order valence-electron chi connectivity index (χ0n) is 18.3. The first-order valence-electron chi connectivity index (χ1n) is 10.1. The standard InChI is InChI=1S/C24H26ClN3O3/c1-14(2)20-8-6-7-15(3)23(20)26-21(29)13-31-24(30)18-9-11-19(12-10-18)28-17(5)22(25)16(4)27-28/h6-12,14H,13H2,1-5H3,(H,26,29). The fraction of sp³-hybridized carbons (Fsp3) is 0.292. The third kappa shape index (κ3) is 4.97. The number of aromatic nitrogens is 2. The van der Waals surface area contributed by atoms with Crippen LogP contribution in [-0.2, 0) is 9.53 Å². The molecule has 0 spiro atoms. The van der Waals surface area contributed by atoms with Crippen molar-refractivity contribution in [2.75, 3.05) is 11.9 Å². The predicted molar refractivity (Wildman–Crippen MR) is 122 cm³/mol. The molecule has 1 aromatic heterocycles. The van der Waals surface area contributed by atoms with Crippen LogP contribution < -0.4 is 5.32 Å². The minimum atomic E-state index is -0.568. The number of aryl methyl sites for hydroxylation is 2. The molecule has 0 saturated heterocycles. The Morgan fingerprint density at radius 1 is 1.10 bits per heavy atom. The highest BCUT2D eigenvalue weighted by atomic mass is 35.5. The second-order valence-corrected chi connectivity index (χ2v) is 8.14. The van der Waals surface area contributed by atoms with Crippen molar-refractivity contribution in [2.45, 2.75) is 40.5 Å². The summed E-state index contributed by atoms with van der Waals surface area (Å²) in [6.07, 6.45) is 0. The van der Waals surface area contributed by atoms with Crippen LogP contribution >= 0.6 is 11.6 Å². The van der Waals surface area contributed by atoms with Gasteiger partial charge in [-0.25, -0.2) is 9.48 Å². The Kier molecular flexibility index (Phi) is 6.81. The quantitative estimate of drug-likeness (QED) is 0.524. The van der Waals surface area contributed by atoms with Crippen LogP contribution in [0.1, 0.15) is 52.6 Å². The van der Waals surface area contributed by atoms with Crippen LogP contribution in [0.5, 0.6) is 0 Å². The first-order chi connectivity index (χ1) is 14.7. The molecule has 31 heavy (non-hydrogen) atoms. The average molecular weight is 440 g/mol. The molecule has 0 radical (unpaired) electrons. The molecule has 0 aliphatic carbocycles. The largest absolute Gasteiger partial charge is 0.452 e. The van der Waals surface area contributed by atoms with Crippen molar-refractivity contribution >= 4 is 29.2 Å². The molecule has 0 bridgehead atoms. The molecule has 1 N–H and O–H groups in total. The summed E-state index contributed by atoms with van der Waals surface area (Å²) < 4.78 is 6.92. The van der Waals surface area contributed by atoms with E-state index in [2.05, 4.69) is 24.3 Å². The van der Waals surface area contributed by atoms with E-state index in [1.165, 1.54) is 0 Å². The number of rotatable bonds is 6. The fourth-order valence-corrected chi connectivity index (χ4v) is 3.46. The lowest BCUT2D eigenvalue weighted by atomic mass is 9.98. The number of amides is 1. The van der Waals surface area contributed by atoms with Gasteiger partial charge in [0.15, 0.2) is 6.61 Å². The smallest absolute Gasteiger partial charge is 0.338 e. The van der Waals surface area contributed by atoms with Gasteiger partial charge in [0.05, 0.1) is 27.7 Å². The number of anilines is 1. The van der Waals surface area contributed by atoms with Gasteiger partial charge in [-0.3, -0.25) is 4.79 Å². The average Bonchev–Trinajstić information content (AvgIpc) is 3.00. The molecular formula is C24H26ClN3O3. The minimum Gasteiger partial charge on any atom is -0.452 e. The number of para-hydroxylation sites is 1. The van der Waals surface area contributed by atoms with Crippen molar-refractivity contribution < 1.29 is 14.3 Å². The van der Waals surface area contributed by atoms with E-state index in [9.17, 15) is 9.59 Å². The van der Waals surface area contributed by atoms with Gasteiger partial charge in [-0.05, 0) is 62.1 Å². The van der Waals surface area contributed by atoms with Crippen molar-refractivity contribution in [1.82, 2.24) is 9.78 Å². The molecule has 0 fully saturated rings. The monoisotopic (exact) mass is 439 g/mol. The molecule has 3 rings (SSSR count). The maximum atomic E-state index is 12.4. The van der Waals surface area contributed by atoms with E-state index in [1.807, 2.05) is 39.0 Å². The highest BCUT2D eigenvalue weighted by Crippen LogP contribution is 2.27. The molecule has 3 aromatic rings. The third-order valence-corrected chi connectivity index (χ3v) is 5.62. The van der Waals surface area contributed by atoms with Gasteiger partial charge in [-0.2, -0.15) is 5.10 Å². The van der Waals surface area contributed by atoms with Crippen LogP contribution in [0, 0.1) is 20.8 Å². The molecule has 0 aliphatic rings. The first-order valence-corrected chi connectivity index (χ1v) is 10.5. The number of carbonyl (C=O) groups is 2. The van der Waals surface area contributed by atoms with Crippen LogP contribution in [-0.4, -0.2) is 28.3 Å². The summed E-state index contributed by atoms with van der Waals surface area (Å²) in [6, 6.07) is 12.7. The van der Waals surface area contributed by atoms with E-state index in [1.54, 1.807) is 28.9 Å². The molecule has 2 aromatic carbocycles. The van der Waals surface area contributed by atoms with Crippen molar-refractivity contribution in [2.24, 2.45) is 0 Å². The van der Waals surface area contributed by atoms with Gasteiger partial charge in [0, 0.05) is 5.69 Å². The van der Waals surface area contributed by atoms with Crippen LogP contribution in [0.4, 0.5) is 5.69 Å². The summed E-state index contributed by atoms with van der Waals surface area (Å²) in [6.45, 7) is 9.42. The molecule has 7 heteroatoms. The second-order valence-electron chi connectivity index (χ2n) is 7.76. The number of nitrogens with one attached hydrogen (secondary N) is 1. The van der Waals surface area contributed by atoms with Crippen molar-refractivity contribution in [3.63, 3.8) is 0 Å². The van der Waals surface area contributed by atoms with Gasteiger partial charge in [-0.1, -0.05) is 43.6 Å². The van der Waals surface area contributed by atoms with Crippen LogP contribution in [0.15, 0.2) is 42.5 Å². The molecule has 1 heterocycles. The maximum Gasteiger partial charge on any atom is 0.338 e. The topological polar surface area (TPSA) is 73.2 Å². The van der Waals surface area contributed by atoms with E-state index in [0.29, 0.717) is 10.6 Å². The van der Waals surface area contributed by atoms with Crippen molar-refractivity contribution in [3.05, 3.63) is 75.6 Å². The van der Waals surface area contributed by atoms with E-state index in [0.717, 1.165) is 33.9 Å². The summed E-state index contributed by atoms with van der Waals surface area (Å²) in [4.78, 5) is 24.7. The highest BCUT2D eigenvalue weighted by Gasteiger charge is 2.15. The number of benzene rings is 2. The number of hydrogen-bond donors (Lipinski definition) is 1. The Morgan fingerprint density at radius 2 is 1.77 bits per heavy atom. The maximum absolute atomic E-state index is 12.4. The second kappa shape index (κ2) is 9.35. The van der Waals surface area contributed by atoms with E-state index in [4.69, 9.17) is 16.3 Å². The SMILES string of the molecule is Cc1cccc(C(C)C)c1NC(=O)COC(=O)c1ccc(-n2nc(C)c(Cl)c2C)cc1. The number of ether oxygens (including phenoxy) is 1. The Labute approximate surface area is 187 Å². The summed E-state index contributed by atoms with van der Waals surface area (Å²) in [5, 5.41) is 7.88. The number of hydrogen-bond acceptors (Lipinski definition) is 4. The predicted octanol–water partition coefficient (Wildman–Crippen LogP) is 5.37. The number of esters is 1. The third-order valence-electron chi connectivity index (χ3n) is 5.08. The van der Waals surface area contributed by atoms with Gasteiger partial charge < -0.3 is 10.1 Å². The number of halogens is 1. The van der Waals surface area contributed by atoms with Crippen LogP contribution in [0.25, 0.3) is 5.69 Å². The molecule has 0 saturated carbocycles. The summed E-state index contributed by atoms with van der Waals surface area (Å²) in [5.74, 6) is -0.686. The summed E-state index contributed by atoms with van der Waals surface area (Å²) >= 11 is 6.20. The van der Waals surface area contributed by atoms with Crippen molar-refractivity contribution in [1.29, 1.82) is 0 Å².